The van der Waals surface area contributed by atoms with Gasteiger partial charge in [-0.1, -0.05) is 0 Å². The third-order valence-electron chi connectivity index (χ3n) is 3.82. The number of alkyl halides is 3. The smallest absolute Gasteiger partial charge is 0.368 e. The fourth-order valence-electron chi connectivity index (χ4n) is 2.39. The number of fused-ring (bicyclic) bond motifs is 1. The molecule has 10 heteroatoms. The minimum absolute atomic E-state index is 0.0922. The summed E-state index contributed by atoms with van der Waals surface area (Å²) in [5.41, 5.74) is 4.34. The van der Waals surface area contributed by atoms with E-state index in [-0.39, 0.29) is 31.0 Å². The Bertz CT molecular complexity index is 724. The molecular formula is C16H18F3N3O3S. The van der Waals surface area contributed by atoms with E-state index in [1.165, 1.54) is 29.7 Å². The lowest BCUT2D eigenvalue weighted by Crippen LogP contribution is -2.43. The summed E-state index contributed by atoms with van der Waals surface area (Å²) < 4.78 is 39.0. The predicted octanol–water partition coefficient (Wildman–Crippen LogP) is 1.91. The molecule has 142 valence electrons. The number of nitrogens with zero attached hydrogens (tertiary/aromatic N) is 1. The molecule has 3 amide bonds. The van der Waals surface area contributed by atoms with Crippen LogP contribution in [0.5, 0.6) is 0 Å². The Morgan fingerprint density at radius 2 is 2.08 bits per heavy atom. The van der Waals surface area contributed by atoms with Crippen LogP contribution in [0.2, 0.25) is 0 Å². The monoisotopic (exact) mass is 389 g/mol. The average Bonchev–Trinajstić information content (AvgIpc) is 2.69. The summed E-state index contributed by atoms with van der Waals surface area (Å²) in [6, 6.07) is 2.36. The molecule has 0 aliphatic carbocycles. The zero-order valence-electron chi connectivity index (χ0n) is 13.9. The Balaban J connectivity index is 2.21. The van der Waals surface area contributed by atoms with Gasteiger partial charge in [-0.3, -0.25) is 14.4 Å². The van der Waals surface area contributed by atoms with E-state index in [2.05, 4.69) is 5.32 Å². The minimum atomic E-state index is -4.53. The first-order chi connectivity index (χ1) is 12.1. The maximum atomic E-state index is 13.0. The SMILES string of the molecule is C[C@@H](NC(=O)CCN1C(=O)CCSc2ccc(C(F)(F)F)cc21)C(N)=O. The van der Waals surface area contributed by atoms with E-state index in [1.807, 2.05) is 0 Å². The van der Waals surface area contributed by atoms with E-state index in [9.17, 15) is 27.6 Å². The fraction of sp³-hybridized carbons (Fsp3) is 0.438. The van der Waals surface area contributed by atoms with E-state index in [4.69, 9.17) is 5.73 Å². The molecule has 0 saturated carbocycles. The molecular weight excluding hydrogens is 371 g/mol. The zero-order chi connectivity index (χ0) is 19.5. The van der Waals surface area contributed by atoms with Crippen molar-refractivity contribution in [2.75, 3.05) is 17.2 Å². The van der Waals surface area contributed by atoms with E-state index in [0.29, 0.717) is 10.6 Å². The highest BCUT2D eigenvalue weighted by molar-refractivity contribution is 7.99. The van der Waals surface area contributed by atoms with Crippen LogP contribution in [0.4, 0.5) is 18.9 Å². The third-order valence-corrected chi connectivity index (χ3v) is 4.88. The van der Waals surface area contributed by atoms with Crippen LogP contribution >= 0.6 is 11.8 Å². The fourth-order valence-corrected chi connectivity index (χ4v) is 3.37. The van der Waals surface area contributed by atoms with Gasteiger partial charge in [0.05, 0.1) is 11.3 Å². The molecule has 26 heavy (non-hydrogen) atoms. The first kappa shape index (κ1) is 20.1. The summed E-state index contributed by atoms with van der Waals surface area (Å²) in [4.78, 5) is 36.9. The van der Waals surface area contributed by atoms with E-state index in [0.717, 1.165) is 12.1 Å². The molecule has 1 aromatic carbocycles. The quantitative estimate of drug-likeness (QED) is 0.805. The van der Waals surface area contributed by atoms with Crippen molar-refractivity contribution in [1.29, 1.82) is 0 Å². The molecule has 1 heterocycles. The van der Waals surface area contributed by atoms with E-state index >= 15 is 0 Å². The van der Waals surface area contributed by atoms with Gasteiger partial charge in [0, 0.05) is 30.0 Å². The molecule has 0 saturated heterocycles. The van der Waals surface area contributed by atoms with Crippen molar-refractivity contribution < 1.29 is 27.6 Å². The number of thioether (sulfide) groups is 1. The van der Waals surface area contributed by atoms with Crippen molar-refractivity contribution in [1.82, 2.24) is 5.32 Å². The summed E-state index contributed by atoms with van der Waals surface area (Å²) in [6.45, 7) is 1.32. The summed E-state index contributed by atoms with van der Waals surface area (Å²) in [7, 11) is 0. The number of primary amides is 1. The second kappa shape index (κ2) is 7.98. The number of carbonyl (C=O) groups excluding carboxylic acids is 3. The minimum Gasteiger partial charge on any atom is -0.368 e. The number of anilines is 1. The van der Waals surface area contributed by atoms with Crippen molar-refractivity contribution in [3.8, 4) is 0 Å². The molecule has 0 fully saturated rings. The Hall–Kier alpha value is -2.23. The van der Waals surface area contributed by atoms with Crippen LogP contribution in [0.3, 0.4) is 0 Å². The van der Waals surface area contributed by atoms with Gasteiger partial charge in [0.25, 0.3) is 0 Å². The standard InChI is InChI=1S/C16H18F3N3O3S/c1-9(15(20)25)21-13(23)4-6-22-11-8-10(16(17,18)19)2-3-12(11)26-7-5-14(22)24/h2-3,8-9H,4-7H2,1H3,(H2,20,25)(H,21,23)/t9-/m1/s1. The maximum Gasteiger partial charge on any atom is 0.416 e. The third kappa shape index (κ3) is 4.90. The van der Waals surface area contributed by atoms with Gasteiger partial charge in [0.2, 0.25) is 17.7 Å². The number of benzene rings is 1. The molecule has 0 radical (unpaired) electrons. The second-order valence-corrected chi connectivity index (χ2v) is 6.90. The van der Waals surface area contributed by atoms with Gasteiger partial charge >= 0.3 is 6.18 Å². The molecule has 1 aliphatic heterocycles. The summed E-state index contributed by atoms with van der Waals surface area (Å²) in [5.74, 6) is -1.14. The largest absolute Gasteiger partial charge is 0.416 e. The zero-order valence-corrected chi connectivity index (χ0v) is 14.7. The Labute approximate surface area is 152 Å². The Morgan fingerprint density at radius 3 is 2.69 bits per heavy atom. The number of carbonyl (C=O) groups is 3. The second-order valence-electron chi connectivity index (χ2n) is 5.77. The highest BCUT2D eigenvalue weighted by atomic mass is 32.2. The van der Waals surface area contributed by atoms with Gasteiger partial charge in [-0.15, -0.1) is 11.8 Å². The van der Waals surface area contributed by atoms with Crippen molar-refractivity contribution >= 4 is 35.2 Å². The lowest BCUT2D eigenvalue weighted by molar-refractivity contribution is -0.137. The van der Waals surface area contributed by atoms with Crippen LogP contribution in [0.25, 0.3) is 0 Å². The summed E-state index contributed by atoms with van der Waals surface area (Å²) >= 11 is 1.29. The van der Waals surface area contributed by atoms with E-state index < -0.39 is 29.6 Å². The molecule has 1 atom stereocenters. The number of hydrogen-bond acceptors (Lipinski definition) is 4. The number of rotatable bonds is 5. The summed E-state index contributed by atoms with van der Waals surface area (Å²) in [5, 5.41) is 2.37. The maximum absolute atomic E-state index is 13.0. The van der Waals surface area contributed by atoms with Crippen LogP contribution in [0.1, 0.15) is 25.3 Å². The van der Waals surface area contributed by atoms with Crippen LogP contribution in [-0.2, 0) is 20.6 Å². The van der Waals surface area contributed by atoms with Gasteiger partial charge in [0.1, 0.15) is 6.04 Å². The van der Waals surface area contributed by atoms with Gasteiger partial charge in [-0.05, 0) is 25.1 Å². The van der Waals surface area contributed by atoms with Crippen molar-refractivity contribution in [2.45, 2.75) is 36.9 Å². The van der Waals surface area contributed by atoms with Crippen LogP contribution in [-0.4, -0.2) is 36.1 Å². The van der Waals surface area contributed by atoms with Crippen LogP contribution in [0, 0.1) is 0 Å². The van der Waals surface area contributed by atoms with Crippen LogP contribution in [0.15, 0.2) is 23.1 Å². The number of hydrogen-bond donors (Lipinski definition) is 2. The molecule has 1 aromatic rings. The molecule has 6 nitrogen and oxygen atoms in total. The first-order valence-corrected chi connectivity index (χ1v) is 8.81. The van der Waals surface area contributed by atoms with Gasteiger partial charge < -0.3 is 16.0 Å². The topological polar surface area (TPSA) is 92.5 Å². The van der Waals surface area contributed by atoms with Gasteiger partial charge in [-0.2, -0.15) is 13.2 Å². The molecule has 3 N–H and O–H groups in total. The van der Waals surface area contributed by atoms with Gasteiger partial charge in [0.15, 0.2) is 0 Å². The number of halogens is 3. The molecule has 0 bridgehead atoms. The first-order valence-electron chi connectivity index (χ1n) is 7.82. The lowest BCUT2D eigenvalue weighted by Gasteiger charge is -2.24. The molecule has 0 unspecified atom stereocenters. The number of nitrogens with one attached hydrogen (secondary N) is 1. The lowest BCUT2D eigenvalue weighted by atomic mass is 10.1. The average molecular weight is 389 g/mol. The molecule has 0 aromatic heterocycles. The molecule has 0 spiro atoms. The van der Waals surface area contributed by atoms with Crippen molar-refractivity contribution in [3.63, 3.8) is 0 Å². The number of nitrogens with two attached hydrogens (primary N) is 1. The van der Waals surface area contributed by atoms with Crippen molar-refractivity contribution in [2.24, 2.45) is 5.73 Å². The van der Waals surface area contributed by atoms with Gasteiger partial charge in [-0.25, -0.2) is 0 Å². The van der Waals surface area contributed by atoms with Crippen molar-refractivity contribution in [3.05, 3.63) is 23.8 Å². The number of amides is 3. The highest BCUT2D eigenvalue weighted by Crippen LogP contribution is 2.39. The van der Waals surface area contributed by atoms with E-state index in [1.54, 1.807) is 0 Å². The Morgan fingerprint density at radius 1 is 1.38 bits per heavy atom. The molecule has 1 aliphatic rings. The predicted molar refractivity (Wildman–Crippen MR) is 90.6 cm³/mol. The highest BCUT2D eigenvalue weighted by Gasteiger charge is 2.33. The van der Waals surface area contributed by atoms with Crippen LogP contribution < -0.4 is 16.0 Å². The normalized spacial score (nSPS) is 15.8. The Kier molecular flexibility index (Phi) is 6.17. The summed E-state index contributed by atoms with van der Waals surface area (Å²) in [6.07, 6.45) is -4.54. The molecule has 2 rings (SSSR count).